The van der Waals surface area contributed by atoms with Crippen molar-refractivity contribution in [2.45, 2.75) is 13.8 Å². The van der Waals surface area contributed by atoms with Crippen LogP contribution in [0.5, 0.6) is 11.5 Å². The van der Waals surface area contributed by atoms with Crippen LogP contribution in [0.3, 0.4) is 0 Å². The maximum Gasteiger partial charge on any atom is 0.363 e. The maximum absolute atomic E-state index is 12.2. The molecule has 0 aromatic heterocycles. The fraction of sp³-hybridized carbons (Fsp3) is 0.200. The van der Waals surface area contributed by atoms with Crippen molar-refractivity contribution in [2.24, 2.45) is 4.99 Å². The van der Waals surface area contributed by atoms with Crippen molar-refractivity contribution in [3.63, 3.8) is 0 Å². The van der Waals surface area contributed by atoms with Crippen molar-refractivity contribution < 1.29 is 23.9 Å². The lowest BCUT2D eigenvalue weighted by Gasteiger charge is -2.11. The third-order valence-electron chi connectivity index (χ3n) is 3.88. The second-order valence-electron chi connectivity index (χ2n) is 5.83. The lowest BCUT2D eigenvalue weighted by Crippen LogP contribution is -2.06. The zero-order valence-corrected chi connectivity index (χ0v) is 16.4. The van der Waals surface area contributed by atoms with E-state index in [1.54, 1.807) is 18.2 Å². The van der Waals surface area contributed by atoms with Crippen LogP contribution in [0.1, 0.15) is 25.0 Å². The molecule has 2 aromatic rings. The molecule has 29 heavy (non-hydrogen) atoms. The van der Waals surface area contributed by atoms with E-state index < -0.39 is 10.9 Å². The predicted octanol–water partition coefficient (Wildman–Crippen LogP) is 4.39. The predicted molar refractivity (Wildman–Crippen MR) is 107 cm³/mol. The van der Waals surface area contributed by atoms with Gasteiger partial charge in [0.2, 0.25) is 5.90 Å². The molecule has 9 heteroatoms. The number of halogens is 1. The second-order valence-corrected chi connectivity index (χ2v) is 6.24. The summed E-state index contributed by atoms with van der Waals surface area (Å²) in [5, 5.41) is 11.2. The van der Waals surface area contributed by atoms with Gasteiger partial charge in [-0.2, -0.15) is 0 Å². The number of nitrogens with zero attached hydrogens (tertiary/aromatic N) is 2. The van der Waals surface area contributed by atoms with Crippen LogP contribution in [0.25, 0.3) is 6.08 Å². The number of nitro groups is 1. The molecule has 2 aromatic carbocycles. The Morgan fingerprint density at radius 2 is 1.86 bits per heavy atom. The van der Waals surface area contributed by atoms with E-state index in [4.69, 9.17) is 25.8 Å². The molecule has 0 atom stereocenters. The Labute approximate surface area is 171 Å². The molecule has 0 radical (unpaired) electrons. The summed E-state index contributed by atoms with van der Waals surface area (Å²) in [6.07, 6.45) is 1.53. The van der Waals surface area contributed by atoms with Crippen LogP contribution in [0.15, 0.2) is 47.1 Å². The summed E-state index contributed by atoms with van der Waals surface area (Å²) in [5.74, 6) is 0.361. The Hall–Kier alpha value is -3.39. The summed E-state index contributed by atoms with van der Waals surface area (Å²) >= 11 is 6.09. The van der Waals surface area contributed by atoms with Crippen LogP contribution >= 0.6 is 11.6 Å². The van der Waals surface area contributed by atoms with E-state index in [0.717, 1.165) is 0 Å². The number of ether oxygens (including phenoxy) is 3. The zero-order chi connectivity index (χ0) is 21.0. The van der Waals surface area contributed by atoms with Gasteiger partial charge >= 0.3 is 5.97 Å². The highest BCUT2D eigenvalue weighted by molar-refractivity contribution is 6.34. The normalized spacial score (nSPS) is 14.5. The first-order valence-corrected chi connectivity index (χ1v) is 9.17. The zero-order valence-electron chi connectivity index (χ0n) is 15.7. The van der Waals surface area contributed by atoms with Gasteiger partial charge in [0.05, 0.1) is 28.7 Å². The summed E-state index contributed by atoms with van der Waals surface area (Å²) in [4.78, 5) is 26.8. The molecule has 0 amide bonds. The highest BCUT2D eigenvalue weighted by atomic mass is 35.5. The summed E-state index contributed by atoms with van der Waals surface area (Å²) < 4.78 is 16.3. The van der Waals surface area contributed by atoms with Crippen molar-refractivity contribution in [1.82, 2.24) is 0 Å². The van der Waals surface area contributed by atoms with Gasteiger partial charge in [0.1, 0.15) is 0 Å². The number of cyclic esters (lactones) is 1. The minimum Gasteiger partial charge on any atom is -0.490 e. The first-order chi connectivity index (χ1) is 13.9. The summed E-state index contributed by atoms with van der Waals surface area (Å²) in [6, 6.07) is 9.04. The van der Waals surface area contributed by atoms with Crippen LogP contribution in [-0.4, -0.2) is 30.0 Å². The van der Waals surface area contributed by atoms with E-state index >= 15 is 0 Å². The molecule has 0 unspecified atom stereocenters. The van der Waals surface area contributed by atoms with Crippen LogP contribution < -0.4 is 9.47 Å². The number of nitro benzene ring substituents is 1. The van der Waals surface area contributed by atoms with Gasteiger partial charge in [0.25, 0.3) is 5.69 Å². The minimum atomic E-state index is -0.686. The molecular formula is C20H17ClN2O6. The number of carbonyl (C=O) groups excluding carboxylic acids is 1. The van der Waals surface area contributed by atoms with Gasteiger partial charge in [0.15, 0.2) is 17.2 Å². The monoisotopic (exact) mass is 416 g/mol. The van der Waals surface area contributed by atoms with E-state index in [-0.39, 0.29) is 27.9 Å². The summed E-state index contributed by atoms with van der Waals surface area (Å²) in [7, 11) is 0. The summed E-state index contributed by atoms with van der Waals surface area (Å²) in [5.41, 5.74) is 0.668. The number of esters is 1. The molecule has 8 nitrogen and oxygen atoms in total. The van der Waals surface area contributed by atoms with Crippen LogP contribution in [0.4, 0.5) is 5.69 Å². The molecule has 0 saturated heterocycles. The number of carbonyl (C=O) groups is 1. The Kier molecular flexibility index (Phi) is 6.13. The third kappa shape index (κ3) is 4.55. The minimum absolute atomic E-state index is 0.0363. The molecule has 0 bridgehead atoms. The lowest BCUT2D eigenvalue weighted by atomic mass is 10.1. The van der Waals surface area contributed by atoms with Gasteiger partial charge in [-0.3, -0.25) is 10.1 Å². The topological polar surface area (TPSA) is 100 Å². The molecule has 3 rings (SSSR count). The number of benzene rings is 2. The molecule has 1 aliphatic heterocycles. The Morgan fingerprint density at radius 1 is 1.14 bits per heavy atom. The van der Waals surface area contributed by atoms with E-state index in [1.807, 2.05) is 13.8 Å². The highest BCUT2D eigenvalue weighted by Gasteiger charge is 2.27. The number of hydrogen-bond acceptors (Lipinski definition) is 7. The molecule has 0 saturated carbocycles. The fourth-order valence-corrected chi connectivity index (χ4v) is 2.83. The quantitative estimate of drug-likeness (QED) is 0.287. The van der Waals surface area contributed by atoms with Crippen LogP contribution in [0.2, 0.25) is 5.02 Å². The standard InChI is InChI=1S/C20H17ClN2O6/c1-3-27-17-8-5-12(10-18(17)28-4-2)9-16-20(24)29-19(22-16)14-11-13(23(25)26)6-7-15(14)21/h5-11H,3-4H2,1-2H3. The van der Waals surface area contributed by atoms with Gasteiger partial charge in [-0.15, -0.1) is 0 Å². The van der Waals surface area contributed by atoms with Gasteiger partial charge < -0.3 is 14.2 Å². The fourth-order valence-electron chi connectivity index (χ4n) is 2.63. The molecule has 0 spiro atoms. The van der Waals surface area contributed by atoms with Crippen molar-refractivity contribution in [2.75, 3.05) is 13.2 Å². The van der Waals surface area contributed by atoms with E-state index in [2.05, 4.69) is 4.99 Å². The number of rotatable bonds is 7. The van der Waals surface area contributed by atoms with Crippen molar-refractivity contribution in [3.8, 4) is 11.5 Å². The maximum atomic E-state index is 12.2. The SMILES string of the molecule is CCOc1ccc(C=C2N=C(c3cc([N+](=O)[O-])ccc3Cl)OC2=O)cc1OCC. The lowest BCUT2D eigenvalue weighted by molar-refractivity contribution is -0.384. The average Bonchev–Trinajstić information content (AvgIpc) is 3.04. The van der Waals surface area contributed by atoms with Gasteiger partial charge in [-0.05, 0) is 43.7 Å². The third-order valence-corrected chi connectivity index (χ3v) is 4.21. The molecule has 150 valence electrons. The molecule has 0 N–H and O–H groups in total. The first kappa shape index (κ1) is 20.3. The Morgan fingerprint density at radius 3 is 2.55 bits per heavy atom. The number of hydrogen-bond donors (Lipinski definition) is 0. The number of non-ortho nitro benzene ring substituents is 1. The van der Waals surface area contributed by atoms with E-state index in [1.165, 1.54) is 24.3 Å². The Bertz CT molecular complexity index is 1030. The van der Waals surface area contributed by atoms with E-state index in [0.29, 0.717) is 30.3 Å². The molecule has 1 aliphatic rings. The average molecular weight is 417 g/mol. The van der Waals surface area contributed by atoms with Crippen LogP contribution in [-0.2, 0) is 9.53 Å². The molecule has 1 heterocycles. The number of aliphatic imine (C=N–C) groups is 1. The largest absolute Gasteiger partial charge is 0.490 e. The highest BCUT2D eigenvalue weighted by Crippen LogP contribution is 2.31. The van der Waals surface area contributed by atoms with E-state index in [9.17, 15) is 14.9 Å². The van der Waals surface area contributed by atoms with Crippen molar-refractivity contribution >= 4 is 35.2 Å². The smallest absolute Gasteiger partial charge is 0.363 e. The van der Waals surface area contributed by atoms with Crippen LogP contribution in [0, 0.1) is 10.1 Å². The molecule has 0 fully saturated rings. The molecule has 0 aliphatic carbocycles. The second kappa shape index (κ2) is 8.74. The van der Waals surface area contributed by atoms with Crippen molar-refractivity contribution in [1.29, 1.82) is 0 Å². The van der Waals surface area contributed by atoms with Gasteiger partial charge in [-0.25, -0.2) is 9.79 Å². The summed E-state index contributed by atoms with van der Waals surface area (Å²) in [6.45, 7) is 4.67. The molecular weight excluding hydrogens is 400 g/mol. The van der Waals surface area contributed by atoms with Gasteiger partial charge in [0, 0.05) is 12.1 Å². The van der Waals surface area contributed by atoms with Crippen molar-refractivity contribution in [3.05, 3.63) is 68.4 Å². The Balaban J connectivity index is 1.96. The van der Waals surface area contributed by atoms with Gasteiger partial charge in [-0.1, -0.05) is 17.7 Å². The first-order valence-electron chi connectivity index (χ1n) is 8.79.